The van der Waals surface area contributed by atoms with Crippen LogP contribution in [0.25, 0.3) is 17.0 Å². The third-order valence-electron chi connectivity index (χ3n) is 8.59. The zero-order valence-electron chi connectivity index (χ0n) is 26.8. The summed E-state index contributed by atoms with van der Waals surface area (Å²) in [7, 11) is 2.01. The van der Waals surface area contributed by atoms with Crippen molar-refractivity contribution in [1.29, 1.82) is 0 Å². The third kappa shape index (κ3) is 6.93. The van der Waals surface area contributed by atoms with Gasteiger partial charge in [-0.05, 0) is 74.0 Å². The first-order chi connectivity index (χ1) is 22.8. The number of nitrogens with one attached hydrogen (secondary N) is 2. The van der Waals surface area contributed by atoms with E-state index in [2.05, 4.69) is 32.3 Å². The second-order valence-electron chi connectivity index (χ2n) is 11.5. The Labute approximate surface area is 273 Å². The Hall–Kier alpha value is -5.33. The van der Waals surface area contributed by atoms with Crippen LogP contribution < -0.4 is 15.5 Å². The molecular weight excluding hydrogens is 594 g/mol. The molecule has 47 heavy (non-hydrogen) atoms. The Morgan fingerprint density at radius 3 is 2.38 bits per heavy atom. The Bertz CT molecular complexity index is 1860. The van der Waals surface area contributed by atoms with Gasteiger partial charge in [0.15, 0.2) is 17.3 Å². The largest absolute Gasteiger partial charge is 0.395 e. The molecule has 12 heteroatoms. The SMILES string of the molecule is CCN(C)c1ccc(C(=O)Nc2cccc(-c3nc(Nc4ccc(C(=O)N5CCN(CCO)CC5)cc4)c4nccn4n3)c2C)cc1. The average molecular weight is 634 g/mol. The minimum Gasteiger partial charge on any atom is -0.395 e. The molecule has 6 rings (SSSR count). The number of fused-ring (bicyclic) bond motifs is 1. The number of anilines is 4. The molecule has 0 atom stereocenters. The first-order valence-corrected chi connectivity index (χ1v) is 15.8. The fraction of sp³-hybridized carbons (Fsp3) is 0.286. The molecule has 5 aromatic rings. The number of piperazine rings is 1. The van der Waals surface area contributed by atoms with Gasteiger partial charge in [0.25, 0.3) is 11.8 Å². The number of aliphatic hydroxyl groups excluding tert-OH is 1. The van der Waals surface area contributed by atoms with Gasteiger partial charge in [0, 0.05) is 92.5 Å². The Morgan fingerprint density at radius 1 is 0.957 bits per heavy atom. The van der Waals surface area contributed by atoms with Crippen LogP contribution in [0.3, 0.4) is 0 Å². The van der Waals surface area contributed by atoms with E-state index in [0.717, 1.165) is 42.1 Å². The van der Waals surface area contributed by atoms with Crippen molar-refractivity contribution in [3.05, 3.63) is 95.8 Å². The predicted molar refractivity (Wildman–Crippen MR) is 183 cm³/mol. The molecule has 3 N–H and O–H groups in total. The van der Waals surface area contributed by atoms with Crippen LogP contribution in [0, 0.1) is 6.92 Å². The number of benzene rings is 3. The number of imidazole rings is 1. The van der Waals surface area contributed by atoms with E-state index >= 15 is 0 Å². The zero-order chi connectivity index (χ0) is 32.9. The summed E-state index contributed by atoms with van der Waals surface area (Å²) >= 11 is 0. The number of β-amino-alcohol motifs (C(OH)–C–C–N with tert-alkyl or cyclic N) is 1. The molecule has 242 valence electrons. The quantitative estimate of drug-likeness (QED) is 0.206. The minimum absolute atomic E-state index is 0.0104. The third-order valence-corrected chi connectivity index (χ3v) is 8.59. The highest BCUT2D eigenvalue weighted by molar-refractivity contribution is 6.05. The molecule has 0 saturated carbocycles. The standard InChI is InChI=1S/C35H39N9O3/c1-4-41(3)28-14-10-25(11-15-28)34(46)38-30-7-5-6-29(24(30)2)31-39-32(33-36-16-17-44(33)40-31)37-27-12-8-26(9-13-27)35(47)43-20-18-42(19-21-43)22-23-45/h5-17,45H,4,18-23H2,1-3H3,(H,38,46)(H,37,39,40). The van der Waals surface area contributed by atoms with Crippen molar-refractivity contribution >= 4 is 40.3 Å². The Kier molecular flexibility index (Phi) is 9.41. The molecule has 12 nitrogen and oxygen atoms in total. The summed E-state index contributed by atoms with van der Waals surface area (Å²) in [5.74, 6) is 0.759. The van der Waals surface area contributed by atoms with Crippen LogP contribution in [0.15, 0.2) is 79.1 Å². The van der Waals surface area contributed by atoms with Crippen molar-refractivity contribution in [3.63, 3.8) is 0 Å². The van der Waals surface area contributed by atoms with E-state index < -0.39 is 0 Å². The van der Waals surface area contributed by atoms with E-state index in [1.807, 2.05) is 85.6 Å². The van der Waals surface area contributed by atoms with Crippen LogP contribution in [0.1, 0.15) is 33.2 Å². The van der Waals surface area contributed by atoms with E-state index in [0.29, 0.717) is 53.7 Å². The van der Waals surface area contributed by atoms with Crippen LogP contribution in [0.5, 0.6) is 0 Å². The summed E-state index contributed by atoms with van der Waals surface area (Å²) in [6.07, 6.45) is 3.42. The topological polar surface area (TPSA) is 131 Å². The smallest absolute Gasteiger partial charge is 0.255 e. The fourth-order valence-electron chi connectivity index (χ4n) is 5.61. The summed E-state index contributed by atoms with van der Waals surface area (Å²) in [6, 6.07) is 20.5. The molecule has 3 aromatic carbocycles. The van der Waals surface area contributed by atoms with Gasteiger partial charge in [-0.2, -0.15) is 0 Å². The first-order valence-electron chi connectivity index (χ1n) is 15.8. The molecule has 0 unspecified atom stereocenters. The van der Waals surface area contributed by atoms with E-state index in [9.17, 15) is 14.7 Å². The van der Waals surface area contributed by atoms with Crippen molar-refractivity contribution in [2.24, 2.45) is 0 Å². The zero-order valence-corrected chi connectivity index (χ0v) is 26.8. The molecule has 2 amide bonds. The lowest BCUT2D eigenvalue weighted by Crippen LogP contribution is -2.49. The van der Waals surface area contributed by atoms with Gasteiger partial charge < -0.3 is 25.5 Å². The molecule has 1 fully saturated rings. The van der Waals surface area contributed by atoms with E-state index in [4.69, 9.17) is 10.1 Å². The van der Waals surface area contributed by atoms with Crippen LogP contribution in [0.4, 0.5) is 22.9 Å². The molecule has 0 bridgehead atoms. The lowest BCUT2D eigenvalue weighted by molar-refractivity contribution is 0.0615. The van der Waals surface area contributed by atoms with Crippen LogP contribution in [-0.2, 0) is 0 Å². The van der Waals surface area contributed by atoms with Crippen molar-refractivity contribution in [2.75, 3.05) is 68.5 Å². The molecule has 0 aliphatic carbocycles. The second kappa shape index (κ2) is 14.0. The van der Waals surface area contributed by atoms with Gasteiger partial charge in [-0.3, -0.25) is 14.5 Å². The minimum atomic E-state index is -0.199. The normalized spacial score (nSPS) is 13.5. The molecule has 2 aromatic heterocycles. The Balaban J connectivity index is 1.19. The molecule has 1 aliphatic heterocycles. The van der Waals surface area contributed by atoms with Crippen molar-refractivity contribution in [1.82, 2.24) is 29.4 Å². The number of hydrogen-bond donors (Lipinski definition) is 3. The van der Waals surface area contributed by atoms with Crippen molar-refractivity contribution < 1.29 is 14.7 Å². The summed E-state index contributed by atoms with van der Waals surface area (Å²) in [5.41, 5.74) is 5.79. The van der Waals surface area contributed by atoms with Gasteiger partial charge in [0.1, 0.15) is 0 Å². The van der Waals surface area contributed by atoms with E-state index in [1.54, 1.807) is 16.9 Å². The number of carbonyl (C=O) groups is 2. The maximum Gasteiger partial charge on any atom is 0.255 e. The molecular formula is C35H39N9O3. The van der Waals surface area contributed by atoms with Crippen molar-refractivity contribution in [2.45, 2.75) is 13.8 Å². The van der Waals surface area contributed by atoms with Gasteiger partial charge in [-0.1, -0.05) is 12.1 Å². The van der Waals surface area contributed by atoms with Gasteiger partial charge >= 0.3 is 0 Å². The highest BCUT2D eigenvalue weighted by atomic mass is 16.3. The maximum absolute atomic E-state index is 13.1. The number of aliphatic hydroxyl groups is 1. The average Bonchev–Trinajstić information content (AvgIpc) is 3.59. The maximum atomic E-state index is 13.1. The van der Waals surface area contributed by atoms with Crippen LogP contribution in [0.2, 0.25) is 0 Å². The number of aromatic nitrogens is 4. The van der Waals surface area contributed by atoms with E-state index in [1.165, 1.54) is 0 Å². The molecule has 1 aliphatic rings. The van der Waals surface area contributed by atoms with Crippen LogP contribution in [-0.4, -0.2) is 99.2 Å². The van der Waals surface area contributed by atoms with Crippen LogP contribution >= 0.6 is 0 Å². The fourth-order valence-corrected chi connectivity index (χ4v) is 5.61. The molecule has 0 radical (unpaired) electrons. The molecule has 3 heterocycles. The monoisotopic (exact) mass is 633 g/mol. The van der Waals surface area contributed by atoms with Gasteiger partial charge in [-0.15, -0.1) is 5.10 Å². The lowest BCUT2D eigenvalue weighted by atomic mass is 10.1. The summed E-state index contributed by atoms with van der Waals surface area (Å²) in [5, 5.41) is 20.3. The lowest BCUT2D eigenvalue weighted by Gasteiger charge is -2.34. The summed E-state index contributed by atoms with van der Waals surface area (Å²) < 4.78 is 1.67. The molecule has 0 spiro atoms. The van der Waals surface area contributed by atoms with Crippen molar-refractivity contribution in [3.8, 4) is 11.4 Å². The number of nitrogens with zero attached hydrogens (tertiary/aromatic N) is 7. The highest BCUT2D eigenvalue weighted by Crippen LogP contribution is 2.29. The summed E-state index contributed by atoms with van der Waals surface area (Å²) in [4.78, 5) is 41.7. The van der Waals surface area contributed by atoms with E-state index in [-0.39, 0.29) is 18.4 Å². The second-order valence-corrected chi connectivity index (χ2v) is 11.5. The summed E-state index contributed by atoms with van der Waals surface area (Å²) in [6.45, 7) is 8.41. The number of rotatable bonds is 10. The van der Waals surface area contributed by atoms with Gasteiger partial charge in [-0.25, -0.2) is 14.5 Å². The first kappa shape index (κ1) is 31.6. The van der Waals surface area contributed by atoms with Gasteiger partial charge in [0.2, 0.25) is 0 Å². The highest BCUT2D eigenvalue weighted by Gasteiger charge is 2.22. The number of carbonyl (C=O) groups excluding carboxylic acids is 2. The number of hydrogen-bond acceptors (Lipinski definition) is 9. The predicted octanol–water partition coefficient (Wildman–Crippen LogP) is 4.30. The van der Waals surface area contributed by atoms with Gasteiger partial charge in [0.05, 0.1) is 6.61 Å². The Morgan fingerprint density at radius 2 is 1.68 bits per heavy atom. The number of amides is 2. The molecule has 1 saturated heterocycles.